The van der Waals surface area contributed by atoms with Gasteiger partial charge in [0.05, 0.1) is 4.92 Å². The Kier molecular flexibility index (Phi) is 4.03. The van der Waals surface area contributed by atoms with Crippen LogP contribution >= 0.6 is 0 Å². The van der Waals surface area contributed by atoms with Crippen molar-refractivity contribution in [2.75, 3.05) is 5.32 Å². The number of benzene rings is 2. The van der Waals surface area contributed by atoms with Gasteiger partial charge < -0.3 is 5.32 Å². The molecule has 0 aromatic heterocycles. The van der Waals surface area contributed by atoms with Gasteiger partial charge in [-0.1, -0.05) is 29.8 Å². The number of nitro groups is 1. The quantitative estimate of drug-likeness (QED) is 0.662. The van der Waals surface area contributed by atoms with Gasteiger partial charge in [0, 0.05) is 23.9 Å². The zero-order chi connectivity index (χ0) is 14.7. The third kappa shape index (κ3) is 3.15. The van der Waals surface area contributed by atoms with E-state index < -0.39 is 0 Å². The average molecular weight is 270 g/mol. The molecule has 2 rings (SSSR count). The standard InChI is InChI=1S/C16H18N2O2/c1-11-7-8-16(12(2)9-11)17-13(3)14-5-4-6-15(10-14)18(19)20/h4-10,13,17H,1-3H3. The summed E-state index contributed by atoms with van der Waals surface area (Å²) in [5.41, 5.74) is 4.46. The number of aryl methyl sites for hydroxylation is 2. The van der Waals surface area contributed by atoms with Gasteiger partial charge in [-0.15, -0.1) is 0 Å². The smallest absolute Gasteiger partial charge is 0.269 e. The zero-order valence-corrected chi connectivity index (χ0v) is 11.9. The maximum absolute atomic E-state index is 10.8. The van der Waals surface area contributed by atoms with Crippen molar-refractivity contribution in [3.8, 4) is 0 Å². The minimum atomic E-state index is -0.368. The normalized spacial score (nSPS) is 11.9. The number of rotatable bonds is 4. The van der Waals surface area contributed by atoms with Crippen molar-refractivity contribution in [2.45, 2.75) is 26.8 Å². The molecule has 0 aliphatic carbocycles. The number of non-ortho nitro benzene ring substituents is 1. The highest BCUT2D eigenvalue weighted by Gasteiger charge is 2.11. The fourth-order valence-corrected chi connectivity index (χ4v) is 2.20. The predicted octanol–water partition coefficient (Wildman–Crippen LogP) is 4.38. The summed E-state index contributed by atoms with van der Waals surface area (Å²) in [5.74, 6) is 0. The molecule has 0 amide bonds. The van der Waals surface area contributed by atoms with Crippen LogP contribution in [0.1, 0.15) is 29.7 Å². The van der Waals surface area contributed by atoms with E-state index in [1.165, 1.54) is 17.2 Å². The van der Waals surface area contributed by atoms with Crippen LogP contribution in [0.15, 0.2) is 42.5 Å². The van der Waals surface area contributed by atoms with Gasteiger partial charge in [-0.2, -0.15) is 0 Å². The van der Waals surface area contributed by atoms with E-state index in [0.29, 0.717) is 0 Å². The molecule has 0 saturated carbocycles. The molecule has 0 heterocycles. The maximum Gasteiger partial charge on any atom is 0.269 e. The van der Waals surface area contributed by atoms with Gasteiger partial charge >= 0.3 is 0 Å². The second-order valence-corrected chi connectivity index (χ2v) is 5.04. The lowest BCUT2D eigenvalue weighted by Crippen LogP contribution is -2.08. The molecule has 0 bridgehead atoms. The Hall–Kier alpha value is -2.36. The summed E-state index contributed by atoms with van der Waals surface area (Å²) in [6.45, 7) is 6.11. The lowest BCUT2D eigenvalue weighted by Gasteiger charge is -2.17. The average Bonchev–Trinajstić information content (AvgIpc) is 2.42. The van der Waals surface area contributed by atoms with Crippen LogP contribution in [0.2, 0.25) is 0 Å². The molecule has 2 aromatic carbocycles. The number of nitro benzene ring substituents is 1. The van der Waals surface area contributed by atoms with Gasteiger partial charge in [-0.25, -0.2) is 0 Å². The number of hydrogen-bond acceptors (Lipinski definition) is 3. The van der Waals surface area contributed by atoms with E-state index in [4.69, 9.17) is 0 Å². The minimum Gasteiger partial charge on any atom is -0.378 e. The molecule has 2 aromatic rings. The molecule has 0 spiro atoms. The predicted molar refractivity (Wildman–Crippen MR) is 81.1 cm³/mol. The largest absolute Gasteiger partial charge is 0.378 e. The molecule has 1 atom stereocenters. The summed E-state index contributed by atoms with van der Waals surface area (Å²) >= 11 is 0. The van der Waals surface area contributed by atoms with Crippen molar-refractivity contribution in [1.29, 1.82) is 0 Å². The van der Waals surface area contributed by atoms with Gasteiger partial charge in [-0.3, -0.25) is 10.1 Å². The molecule has 0 radical (unpaired) electrons. The Morgan fingerprint density at radius 1 is 1.15 bits per heavy atom. The number of hydrogen-bond donors (Lipinski definition) is 1. The fourth-order valence-electron chi connectivity index (χ4n) is 2.20. The summed E-state index contributed by atoms with van der Waals surface area (Å²) in [4.78, 5) is 10.4. The summed E-state index contributed by atoms with van der Waals surface area (Å²) in [5, 5.41) is 14.2. The van der Waals surface area contributed by atoms with Gasteiger partial charge in [0.25, 0.3) is 5.69 Å². The van der Waals surface area contributed by atoms with Crippen LogP contribution < -0.4 is 5.32 Å². The summed E-state index contributed by atoms with van der Waals surface area (Å²) in [6.07, 6.45) is 0. The molecule has 4 heteroatoms. The van der Waals surface area contributed by atoms with Gasteiger partial charge in [-0.05, 0) is 38.0 Å². The summed E-state index contributed by atoms with van der Waals surface area (Å²) in [7, 11) is 0. The second-order valence-electron chi connectivity index (χ2n) is 5.04. The number of nitrogens with zero attached hydrogens (tertiary/aromatic N) is 1. The number of anilines is 1. The van der Waals surface area contributed by atoms with Crippen LogP contribution in [-0.4, -0.2) is 4.92 Å². The lowest BCUT2D eigenvalue weighted by molar-refractivity contribution is -0.384. The van der Waals surface area contributed by atoms with E-state index in [1.54, 1.807) is 12.1 Å². The first-order chi connectivity index (χ1) is 9.47. The molecule has 1 N–H and O–H groups in total. The van der Waals surface area contributed by atoms with Crippen LogP contribution in [0.25, 0.3) is 0 Å². The van der Waals surface area contributed by atoms with E-state index in [0.717, 1.165) is 11.3 Å². The highest BCUT2D eigenvalue weighted by atomic mass is 16.6. The van der Waals surface area contributed by atoms with Crippen molar-refractivity contribution in [2.24, 2.45) is 0 Å². The summed E-state index contributed by atoms with van der Waals surface area (Å²) in [6, 6.07) is 12.9. The summed E-state index contributed by atoms with van der Waals surface area (Å²) < 4.78 is 0. The zero-order valence-electron chi connectivity index (χ0n) is 11.9. The Bertz CT molecular complexity index is 638. The van der Waals surface area contributed by atoms with E-state index >= 15 is 0 Å². The van der Waals surface area contributed by atoms with Crippen LogP contribution in [0.3, 0.4) is 0 Å². The van der Waals surface area contributed by atoms with Gasteiger partial charge in [0.2, 0.25) is 0 Å². The van der Waals surface area contributed by atoms with Crippen molar-refractivity contribution < 1.29 is 4.92 Å². The molecule has 0 fully saturated rings. The van der Waals surface area contributed by atoms with Crippen molar-refractivity contribution in [3.05, 3.63) is 69.3 Å². The van der Waals surface area contributed by atoms with Gasteiger partial charge in [0.1, 0.15) is 0 Å². The molecule has 0 aliphatic rings. The molecular weight excluding hydrogens is 252 g/mol. The molecule has 1 unspecified atom stereocenters. The highest BCUT2D eigenvalue weighted by molar-refractivity contribution is 5.53. The molecule has 4 nitrogen and oxygen atoms in total. The Morgan fingerprint density at radius 2 is 1.90 bits per heavy atom. The van der Waals surface area contributed by atoms with E-state index in [1.807, 2.05) is 19.1 Å². The monoisotopic (exact) mass is 270 g/mol. The van der Waals surface area contributed by atoms with E-state index in [9.17, 15) is 10.1 Å². The second kappa shape index (κ2) is 5.74. The van der Waals surface area contributed by atoms with Crippen LogP contribution in [0.4, 0.5) is 11.4 Å². The Labute approximate surface area is 118 Å². The molecular formula is C16H18N2O2. The van der Waals surface area contributed by atoms with Crippen LogP contribution in [-0.2, 0) is 0 Å². The Morgan fingerprint density at radius 3 is 2.55 bits per heavy atom. The van der Waals surface area contributed by atoms with Crippen molar-refractivity contribution >= 4 is 11.4 Å². The van der Waals surface area contributed by atoms with Crippen molar-refractivity contribution in [1.82, 2.24) is 0 Å². The first-order valence-electron chi connectivity index (χ1n) is 6.55. The first-order valence-corrected chi connectivity index (χ1v) is 6.55. The number of nitrogens with one attached hydrogen (secondary N) is 1. The van der Waals surface area contributed by atoms with E-state index in [2.05, 4.69) is 31.3 Å². The van der Waals surface area contributed by atoms with E-state index in [-0.39, 0.29) is 16.7 Å². The van der Waals surface area contributed by atoms with Crippen LogP contribution in [0.5, 0.6) is 0 Å². The molecule has 0 aliphatic heterocycles. The van der Waals surface area contributed by atoms with Gasteiger partial charge in [0.15, 0.2) is 0 Å². The highest BCUT2D eigenvalue weighted by Crippen LogP contribution is 2.25. The van der Waals surface area contributed by atoms with Crippen molar-refractivity contribution in [3.63, 3.8) is 0 Å². The fraction of sp³-hybridized carbons (Fsp3) is 0.250. The van der Waals surface area contributed by atoms with Crippen LogP contribution in [0, 0.1) is 24.0 Å². The third-order valence-electron chi connectivity index (χ3n) is 3.33. The first kappa shape index (κ1) is 14.1. The SMILES string of the molecule is Cc1ccc(NC(C)c2cccc([N+](=O)[O-])c2)c(C)c1. The third-order valence-corrected chi connectivity index (χ3v) is 3.33. The molecule has 20 heavy (non-hydrogen) atoms. The molecule has 104 valence electrons. The Balaban J connectivity index is 2.21. The topological polar surface area (TPSA) is 55.2 Å². The molecule has 0 saturated heterocycles. The maximum atomic E-state index is 10.8. The lowest BCUT2D eigenvalue weighted by atomic mass is 10.1. The minimum absolute atomic E-state index is 0.0105.